The molecule has 0 aliphatic carbocycles. The van der Waals surface area contributed by atoms with E-state index in [0.717, 1.165) is 18.3 Å². The van der Waals surface area contributed by atoms with Gasteiger partial charge in [0, 0.05) is 12.7 Å². The molecule has 3 rings (SSSR count). The minimum atomic E-state index is -0.925. The number of aromatic nitrogens is 5. The fraction of sp³-hybridized carbons (Fsp3) is 0.200. The largest absolute Gasteiger partial charge is 0.481 e. The number of benzene rings is 1. The van der Waals surface area contributed by atoms with Crippen LogP contribution in [0.4, 0.5) is 0 Å². The molecule has 0 saturated heterocycles. The SMILES string of the molecule is CCn1ccc(-c2nnc(SCC(=O)O)n2-c2ccccc2Cl)n1. The summed E-state index contributed by atoms with van der Waals surface area (Å²) in [5.74, 6) is -0.528. The zero-order valence-electron chi connectivity index (χ0n) is 12.8. The second kappa shape index (κ2) is 7.06. The van der Waals surface area contributed by atoms with E-state index in [4.69, 9.17) is 16.7 Å². The number of rotatable bonds is 6. The number of hydrogen-bond donors (Lipinski definition) is 1. The van der Waals surface area contributed by atoms with Crippen LogP contribution in [-0.4, -0.2) is 41.4 Å². The van der Waals surface area contributed by atoms with Crippen molar-refractivity contribution in [3.8, 4) is 17.2 Å². The molecule has 0 saturated carbocycles. The van der Waals surface area contributed by atoms with E-state index < -0.39 is 5.97 Å². The number of carbonyl (C=O) groups is 1. The summed E-state index contributed by atoms with van der Waals surface area (Å²) >= 11 is 7.40. The van der Waals surface area contributed by atoms with Gasteiger partial charge in [0.1, 0.15) is 5.69 Å². The molecule has 1 N–H and O–H groups in total. The van der Waals surface area contributed by atoms with Crippen molar-refractivity contribution in [3.63, 3.8) is 0 Å². The number of aliphatic carboxylic acids is 1. The highest BCUT2D eigenvalue weighted by Gasteiger charge is 2.20. The third-order valence-corrected chi connectivity index (χ3v) is 4.48. The maximum Gasteiger partial charge on any atom is 0.313 e. The maximum atomic E-state index is 10.9. The first-order valence-electron chi connectivity index (χ1n) is 7.19. The Morgan fingerprint density at radius 1 is 1.29 bits per heavy atom. The molecule has 3 aromatic rings. The second-order valence-electron chi connectivity index (χ2n) is 4.83. The molecule has 0 atom stereocenters. The van der Waals surface area contributed by atoms with Gasteiger partial charge in [-0.1, -0.05) is 35.5 Å². The molecule has 7 nitrogen and oxygen atoms in total. The summed E-state index contributed by atoms with van der Waals surface area (Å²) in [6.07, 6.45) is 1.85. The minimum Gasteiger partial charge on any atom is -0.481 e. The second-order valence-corrected chi connectivity index (χ2v) is 6.18. The monoisotopic (exact) mass is 363 g/mol. The van der Waals surface area contributed by atoms with Gasteiger partial charge in [0.05, 0.1) is 16.5 Å². The number of nitrogens with zero attached hydrogens (tertiary/aromatic N) is 5. The van der Waals surface area contributed by atoms with E-state index in [1.54, 1.807) is 15.3 Å². The summed E-state index contributed by atoms with van der Waals surface area (Å²) in [6, 6.07) is 9.10. The summed E-state index contributed by atoms with van der Waals surface area (Å²) in [7, 11) is 0. The first kappa shape index (κ1) is 16.5. The molecular formula is C15H14ClN5O2S. The molecule has 0 aliphatic rings. The molecule has 2 heterocycles. The van der Waals surface area contributed by atoms with E-state index in [-0.39, 0.29) is 5.75 Å². The molecule has 124 valence electrons. The first-order chi connectivity index (χ1) is 11.6. The van der Waals surface area contributed by atoms with E-state index in [0.29, 0.717) is 27.4 Å². The van der Waals surface area contributed by atoms with Gasteiger partial charge in [-0.2, -0.15) is 5.10 Å². The lowest BCUT2D eigenvalue weighted by Crippen LogP contribution is -2.04. The van der Waals surface area contributed by atoms with Crippen LogP contribution < -0.4 is 0 Å². The van der Waals surface area contributed by atoms with Gasteiger partial charge in [-0.15, -0.1) is 10.2 Å². The molecular weight excluding hydrogens is 350 g/mol. The van der Waals surface area contributed by atoms with Crippen LogP contribution in [-0.2, 0) is 11.3 Å². The van der Waals surface area contributed by atoms with Crippen LogP contribution in [0, 0.1) is 0 Å². The molecule has 0 fully saturated rings. The average molecular weight is 364 g/mol. The number of halogens is 1. The Morgan fingerprint density at radius 3 is 2.75 bits per heavy atom. The van der Waals surface area contributed by atoms with E-state index in [1.165, 1.54) is 0 Å². The Morgan fingerprint density at radius 2 is 2.08 bits per heavy atom. The fourth-order valence-corrected chi connectivity index (χ4v) is 3.05. The highest BCUT2D eigenvalue weighted by Crippen LogP contribution is 2.30. The first-order valence-corrected chi connectivity index (χ1v) is 8.55. The smallest absolute Gasteiger partial charge is 0.313 e. The van der Waals surface area contributed by atoms with Gasteiger partial charge in [-0.05, 0) is 25.1 Å². The molecule has 0 unspecified atom stereocenters. The van der Waals surface area contributed by atoms with Crippen molar-refractivity contribution in [2.24, 2.45) is 0 Å². The quantitative estimate of drug-likeness (QED) is 0.677. The Balaban J connectivity index is 2.12. The predicted octanol–water partition coefficient (Wildman–Crippen LogP) is 2.98. The van der Waals surface area contributed by atoms with E-state index in [9.17, 15) is 4.79 Å². The molecule has 0 radical (unpaired) electrons. The lowest BCUT2D eigenvalue weighted by atomic mass is 10.3. The molecule has 1 aromatic carbocycles. The van der Waals surface area contributed by atoms with Crippen molar-refractivity contribution in [1.29, 1.82) is 0 Å². The highest BCUT2D eigenvalue weighted by atomic mass is 35.5. The summed E-state index contributed by atoms with van der Waals surface area (Å²) in [5.41, 5.74) is 1.32. The normalized spacial score (nSPS) is 10.9. The van der Waals surface area contributed by atoms with Gasteiger partial charge >= 0.3 is 5.97 Å². The van der Waals surface area contributed by atoms with Gasteiger partial charge in [0.2, 0.25) is 0 Å². The molecule has 0 amide bonds. The zero-order chi connectivity index (χ0) is 17.1. The number of para-hydroxylation sites is 1. The molecule has 0 aliphatic heterocycles. The minimum absolute atomic E-state index is 0.119. The molecule has 2 aromatic heterocycles. The van der Waals surface area contributed by atoms with Crippen LogP contribution >= 0.6 is 23.4 Å². The van der Waals surface area contributed by atoms with Crippen molar-refractivity contribution in [2.45, 2.75) is 18.6 Å². The highest BCUT2D eigenvalue weighted by molar-refractivity contribution is 7.99. The van der Waals surface area contributed by atoms with Crippen LogP contribution in [0.3, 0.4) is 0 Å². The van der Waals surface area contributed by atoms with E-state index in [1.807, 2.05) is 37.4 Å². The Kier molecular flexibility index (Phi) is 4.86. The van der Waals surface area contributed by atoms with Crippen LogP contribution in [0.5, 0.6) is 0 Å². The van der Waals surface area contributed by atoms with E-state index >= 15 is 0 Å². The number of carboxylic acid groups (broad SMARTS) is 1. The van der Waals surface area contributed by atoms with Crippen LogP contribution in [0.1, 0.15) is 6.92 Å². The Hall–Kier alpha value is -2.32. The van der Waals surface area contributed by atoms with Crippen LogP contribution in [0.25, 0.3) is 17.2 Å². The summed E-state index contributed by atoms with van der Waals surface area (Å²) < 4.78 is 3.52. The van der Waals surface area contributed by atoms with Crippen molar-refractivity contribution < 1.29 is 9.90 Å². The molecule has 0 bridgehead atoms. The topological polar surface area (TPSA) is 85.8 Å². The average Bonchev–Trinajstić information content (AvgIpc) is 3.19. The Labute approximate surface area is 147 Å². The van der Waals surface area contributed by atoms with Gasteiger partial charge in [-0.25, -0.2) is 0 Å². The zero-order valence-corrected chi connectivity index (χ0v) is 14.3. The summed E-state index contributed by atoms with van der Waals surface area (Å²) in [5, 5.41) is 22.7. The lowest BCUT2D eigenvalue weighted by Gasteiger charge is -2.10. The van der Waals surface area contributed by atoms with Gasteiger partial charge in [0.25, 0.3) is 0 Å². The third kappa shape index (κ3) is 3.29. The number of carboxylic acids is 1. The maximum absolute atomic E-state index is 10.9. The molecule has 24 heavy (non-hydrogen) atoms. The molecule has 9 heteroatoms. The number of aryl methyl sites for hydroxylation is 1. The van der Waals surface area contributed by atoms with E-state index in [2.05, 4.69) is 15.3 Å². The third-order valence-electron chi connectivity index (χ3n) is 3.25. The standard InChI is InChI=1S/C15H14ClN5O2S/c1-2-20-8-7-11(19-20)14-17-18-15(24-9-13(22)23)21(14)12-6-4-3-5-10(12)16/h3-8H,2,9H2,1H3,(H,22,23). The Bertz CT molecular complexity index is 876. The van der Waals surface area contributed by atoms with Gasteiger partial charge < -0.3 is 5.11 Å². The summed E-state index contributed by atoms with van der Waals surface area (Å²) in [6.45, 7) is 2.73. The van der Waals surface area contributed by atoms with Crippen molar-refractivity contribution in [2.75, 3.05) is 5.75 Å². The van der Waals surface area contributed by atoms with Crippen LogP contribution in [0.15, 0.2) is 41.7 Å². The fourth-order valence-electron chi connectivity index (χ4n) is 2.16. The van der Waals surface area contributed by atoms with Crippen LogP contribution in [0.2, 0.25) is 5.02 Å². The predicted molar refractivity (Wildman–Crippen MR) is 91.6 cm³/mol. The number of thioether (sulfide) groups is 1. The molecule has 0 spiro atoms. The number of hydrogen-bond acceptors (Lipinski definition) is 5. The van der Waals surface area contributed by atoms with Gasteiger partial charge in [-0.3, -0.25) is 14.0 Å². The van der Waals surface area contributed by atoms with Crippen molar-refractivity contribution in [1.82, 2.24) is 24.5 Å². The summed E-state index contributed by atoms with van der Waals surface area (Å²) in [4.78, 5) is 10.9. The van der Waals surface area contributed by atoms with Crippen molar-refractivity contribution >= 4 is 29.3 Å². The van der Waals surface area contributed by atoms with Gasteiger partial charge in [0.15, 0.2) is 11.0 Å². The van der Waals surface area contributed by atoms with Crippen molar-refractivity contribution in [3.05, 3.63) is 41.6 Å². The lowest BCUT2D eigenvalue weighted by molar-refractivity contribution is -0.133.